The summed E-state index contributed by atoms with van der Waals surface area (Å²) in [6.07, 6.45) is 6.03. The predicted octanol–water partition coefficient (Wildman–Crippen LogP) is 7.45. The molecule has 0 atom stereocenters. The van der Waals surface area contributed by atoms with Crippen LogP contribution in [0.4, 0.5) is 0 Å². The molecule has 0 radical (unpaired) electrons. The summed E-state index contributed by atoms with van der Waals surface area (Å²) in [5.74, 6) is 0.638. The summed E-state index contributed by atoms with van der Waals surface area (Å²) in [4.78, 5) is 10.4. The second-order valence-corrected chi connectivity index (χ2v) is 9.21. The lowest BCUT2D eigenvalue weighted by molar-refractivity contribution is -0.00585. The van der Waals surface area contributed by atoms with Gasteiger partial charge in [-0.05, 0) is 55.5 Å². The summed E-state index contributed by atoms with van der Waals surface area (Å²) in [5.41, 5.74) is 3.24. The fourth-order valence-corrected chi connectivity index (χ4v) is 3.65. The first kappa shape index (κ1) is 21.7. The number of benzene rings is 3. The highest BCUT2D eigenvalue weighted by molar-refractivity contribution is 5.86. The molecular weight excluding hydrogens is 420 g/mol. The highest BCUT2D eigenvalue weighted by atomic mass is 16.6. The van der Waals surface area contributed by atoms with Gasteiger partial charge in [-0.2, -0.15) is 0 Å². The van der Waals surface area contributed by atoms with Gasteiger partial charge in [-0.15, -0.1) is 0 Å². The van der Waals surface area contributed by atoms with Crippen molar-refractivity contribution in [1.82, 2.24) is 4.98 Å². The van der Waals surface area contributed by atoms with Gasteiger partial charge in [0.2, 0.25) is 0 Å². The highest BCUT2D eigenvalue weighted by Gasteiger charge is 2.12. The monoisotopic (exact) mass is 446 g/mol. The van der Waals surface area contributed by atoms with Crippen LogP contribution in [0.3, 0.4) is 0 Å². The molecule has 3 aromatic carbocycles. The van der Waals surface area contributed by atoms with Crippen LogP contribution in [0.15, 0.2) is 101 Å². The third-order valence-corrected chi connectivity index (χ3v) is 5.34. The first-order valence-electron chi connectivity index (χ1n) is 11.3. The zero-order chi connectivity index (χ0) is 23.5. The minimum Gasteiger partial charge on any atom is -0.454 e. The fraction of sp³-hybridized carbons (Fsp3) is 0.133. The molecule has 0 N–H and O–H groups in total. The molecule has 168 valence electrons. The van der Waals surface area contributed by atoms with Crippen molar-refractivity contribution in [2.75, 3.05) is 0 Å². The van der Waals surface area contributed by atoms with Crippen LogP contribution in [0.25, 0.3) is 45.3 Å². The van der Waals surface area contributed by atoms with Gasteiger partial charge in [0.1, 0.15) is 22.2 Å². The molecule has 4 nitrogen and oxygen atoms in total. The lowest BCUT2D eigenvalue weighted by Gasteiger charge is -2.15. The topological polar surface area (TPSA) is 47.6 Å². The lowest BCUT2D eigenvalue weighted by Crippen LogP contribution is -2.18. The molecule has 34 heavy (non-hydrogen) atoms. The molecule has 5 rings (SSSR count). The molecular formula is C30H26N2O2. The standard InChI is InChI=1S/C30H26N2O2/c1-30(2,3)34-32-26-19-29(27-18-23-11-7-8-12-24(23)20-31-27)33-28-17-22(15-16-25(26)28)14-13-21-9-5-4-6-10-21/h4-20H,1-3H3. The van der Waals surface area contributed by atoms with Crippen molar-refractivity contribution < 1.29 is 9.25 Å². The lowest BCUT2D eigenvalue weighted by atomic mass is 10.1. The average molecular weight is 447 g/mol. The number of aromatic nitrogens is 1. The van der Waals surface area contributed by atoms with Crippen LogP contribution in [-0.2, 0) is 4.84 Å². The second kappa shape index (κ2) is 8.99. The summed E-state index contributed by atoms with van der Waals surface area (Å²) < 4.78 is 6.35. The van der Waals surface area contributed by atoms with Gasteiger partial charge in [0.25, 0.3) is 0 Å². The second-order valence-electron chi connectivity index (χ2n) is 9.21. The van der Waals surface area contributed by atoms with E-state index in [9.17, 15) is 0 Å². The number of hydrogen-bond donors (Lipinski definition) is 0. The summed E-state index contributed by atoms with van der Waals surface area (Å²) in [6.45, 7) is 5.93. The Morgan fingerprint density at radius 3 is 2.32 bits per heavy atom. The van der Waals surface area contributed by atoms with E-state index in [1.807, 2.05) is 87.6 Å². The highest BCUT2D eigenvalue weighted by Crippen LogP contribution is 2.25. The van der Waals surface area contributed by atoms with Gasteiger partial charge in [-0.3, -0.25) is 4.98 Å². The maximum Gasteiger partial charge on any atom is 0.155 e. The Kier molecular flexibility index (Phi) is 5.72. The molecule has 0 aliphatic rings. The van der Waals surface area contributed by atoms with Crippen LogP contribution in [-0.4, -0.2) is 10.6 Å². The SMILES string of the molecule is CC(C)(C)ON=c1cc(-c2cc3ccccc3cn2)oc2cc(C=Cc3ccccc3)ccc12. The molecule has 4 heteroatoms. The maximum atomic E-state index is 6.35. The molecule has 0 saturated carbocycles. The van der Waals surface area contributed by atoms with Gasteiger partial charge in [0.05, 0.1) is 0 Å². The van der Waals surface area contributed by atoms with Crippen molar-refractivity contribution in [3.05, 3.63) is 108 Å². The van der Waals surface area contributed by atoms with Crippen LogP contribution in [0, 0.1) is 0 Å². The molecule has 0 fully saturated rings. The third-order valence-electron chi connectivity index (χ3n) is 5.34. The van der Waals surface area contributed by atoms with Gasteiger partial charge in [0, 0.05) is 23.0 Å². The summed E-state index contributed by atoms with van der Waals surface area (Å²) in [6, 6.07) is 28.4. The Hall–Kier alpha value is -4.18. The normalized spacial score (nSPS) is 12.6. The number of pyridine rings is 1. The van der Waals surface area contributed by atoms with Crippen LogP contribution in [0.5, 0.6) is 0 Å². The summed E-state index contributed by atoms with van der Waals surface area (Å²) >= 11 is 0. The van der Waals surface area contributed by atoms with Crippen LogP contribution >= 0.6 is 0 Å². The molecule has 2 heterocycles. The van der Waals surface area contributed by atoms with Crippen LogP contribution in [0.1, 0.15) is 31.9 Å². The van der Waals surface area contributed by atoms with E-state index in [1.54, 1.807) is 0 Å². The average Bonchev–Trinajstić information content (AvgIpc) is 2.85. The van der Waals surface area contributed by atoms with Crippen molar-refractivity contribution in [3.63, 3.8) is 0 Å². The van der Waals surface area contributed by atoms with Crippen molar-refractivity contribution in [2.45, 2.75) is 26.4 Å². The van der Waals surface area contributed by atoms with Gasteiger partial charge in [-0.1, -0.05) is 78.0 Å². The van der Waals surface area contributed by atoms with E-state index in [1.165, 1.54) is 0 Å². The van der Waals surface area contributed by atoms with Crippen molar-refractivity contribution in [3.8, 4) is 11.5 Å². The molecule has 0 bridgehead atoms. The van der Waals surface area contributed by atoms with Gasteiger partial charge in [-0.25, -0.2) is 0 Å². The zero-order valence-corrected chi connectivity index (χ0v) is 19.5. The van der Waals surface area contributed by atoms with E-state index in [0.717, 1.165) is 38.6 Å². The Labute approximate surface area is 198 Å². The quantitative estimate of drug-likeness (QED) is 0.213. The smallest absolute Gasteiger partial charge is 0.155 e. The Bertz CT molecular complexity index is 1560. The first-order valence-corrected chi connectivity index (χ1v) is 11.3. The summed E-state index contributed by atoms with van der Waals surface area (Å²) in [7, 11) is 0. The van der Waals surface area contributed by atoms with E-state index in [2.05, 4.69) is 46.6 Å². The van der Waals surface area contributed by atoms with Gasteiger partial charge < -0.3 is 9.25 Å². The number of nitrogens with zero attached hydrogens (tertiary/aromatic N) is 2. The Balaban J connectivity index is 1.64. The van der Waals surface area contributed by atoms with Crippen molar-refractivity contribution >= 4 is 33.9 Å². The largest absolute Gasteiger partial charge is 0.454 e. The molecule has 0 saturated heterocycles. The fourth-order valence-electron chi connectivity index (χ4n) is 3.65. The molecule has 0 amide bonds. The molecule has 0 unspecified atom stereocenters. The molecule has 2 aromatic heterocycles. The van der Waals surface area contributed by atoms with E-state index < -0.39 is 5.60 Å². The van der Waals surface area contributed by atoms with E-state index in [4.69, 9.17) is 9.25 Å². The first-order chi connectivity index (χ1) is 16.4. The minimum atomic E-state index is -0.404. The molecule has 0 aliphatic heterocycles. The van der Waals surface area contributed by atoms with Gasteiger partial charge in [0.15, 0.2) is 5.76 Å². The zero-order valence-electron chi connectivity index (χ0n) is 19.5. The van der Waals surface area contributed by atoms with Crippen molar-refractivity contribution in [1.29, 1.82) is 0 Å². The Morgan fingerprint density at radius 2 is 1.53 bits per heavy atom. The molecule has 5 aromatic rings. The maximum absolute atomic E-state index is 6.35. The molecule has 0 aliphatic carbocycles. The molecule has 0 spiro atoms. The van der Waals surface area contributed by atoms with E-state index in [0.29, 0.717) is 11.1 Å². The van der Waals surface area contributed by atoms with E-state index in [-0.39, 0.29) is 0 Å². The van der Waals surface area contributed by atoms with Crippen molar-refractivity contribution in [2.24, 2.45) is 5.16 Å². The van der Waals surface area contributed by atoms with E-state index >= 15 is 0 Å². The minimum absolute atomic E-state index is 0.404. The predicted molar refractivity (Wildman–Crippen MR) is 139 cm³/mol. The number of fused-ring (bicyclic) bond motifs is 2. The van der Waals surface area contributed by atoms with Gasteiger partial charge >= 0.3 is 0 Å². The van der Waals surface area contributed by atoms with Crippen LogP contribution < -0.4 is 5.36 Å². The van der Waals surface area contributed by atoms with Crippen LogP contribution in [0.2, 0.25) is 0 Å². The third kappa shape index (κ3) is 4.91. The summed E-state index contributed by atoms with van der Waals surface area (Å²) in [5, 5.41) is 8.25. The Morgan fingerprint density at radius 1 is 0.794 bits per heavy atom. The number of hydrogen-bond acceptors (Lipinski definition) is 4. The number of rotatable bonds is 4.